The molecule has 0 spiro atoms. The maximum absolute atomic E-state index is 12.0. The topological polar surface area (TPSA) is 132 Å². The van der Waals surface area contributed by atoms with Gasteiger partial charge in [-0.1, -0.05) is 37.1 Å². The number of carbonyl (C=O) groups is 3. The molecule has 4 N–H and O–H groups in total. The second kappa shape index (κ2) is 7.91. The molecule has 8 unspecified atom stereocenters. The summed E-state index contributed by atoms with van der Waals surface area (Å²) < 4.78 is 0. The summed E-state index contributed by atoms with van der Waals surface area (Å²) in [7, 11) is 0. The average molecular weight is 459 g/mol. The maximum atomic E-state index is 12.0. The summed E-state index contributed by atoms with van der Waals surface area (Å²) >= 11 is 0. The molecule has 2 fully saturated rings. The van der Waals surface area contributed by atoms with Gasteiger partial charge in [0.05, 0.1) is 18.9 Å². The highest BCUT2D eigenvalue weighted by molar-refractivity contribution is 6.01. The van der Waals surface area contributed by atoms with Crippen molar-refractivity contribution in [2.45, 2.75) is 71.0 Å². The van der Waals surface area contributed by atoms with E-state index in [2.05, 4.69) is 19.9 Å². The van der Waals surface area contributed by atoms with Gasteiger partial charge in [0.15, 0.2) is 5.78 Å². The van der Waals surface area contributed by atoms with Crippen LogP contribution in [0.5, 0.6) is 0 Å². The van der Waals surface area contributed by atoms with Crippen molar-refractivity contribution in [2.24, 2.45) is 34.5 Å². The van der Waals surface area contributed by atoms with Gasteiger partial charge in [0.25, 0.3) is 0 Å². The van der Waals surface area contributed by atoms with Crippen molar-refractivity contribution in [1.82, 2.24) is 0 Å². The number of allylic oxidation sites excluding steroid dienone is 6. The van der Waals surface area contributed by atoms with E-state index in [-0.39, 0.29) is 29.0 Å². The molecule has 0 bridgehead atoms. The summed E-state index contributed by atoms with van der Waals surface area (Å²) in [5, 5.41) is 41.2. The van der Waals surface area contributed by atoms with Gasteiger partial charge in [0, 0.05) is 5.41 Å². The summed E-state index contributed by atoms with van der Waals surface area (Å²) in [6, 6.07) is 0. The largest absolute Gasteiger partial charge is 0.481 e. The van der Waals surface area contributed by atoms with Crippen molar-refractivity contribution < 1.29 is 34.8 Å². The number of rotatable bonds is 6. The molecular weight excluding hydrogens is 424 g/mol. The van der Waals surface area contributed by atoms with Crippen LogP contribution in [0.25, 0.3) is 0 Å². The van der Waals surface area contributed by atoms with Crippen molar-refractivity contribution in [1.29, 1.82) is 0 Å². The molecule has 0 saturated heterocycles. The van der Waals surface area contributed by atoms with Crippen molar-refractivity contribution in [3.63, 3.8) is 0 Å². The molecule has 7 nitrogen and oxygen atoms in total. The molecule has 4 aliphatic carbocycles. The van der Waals surface area contributed by atoms with Crippen LogP contribution >= 0.6 is 0 Å². The van der Waals surface area contributed by atoms with E-state index in [1.54, 1.807) is 12.2 Å². The number of carbonyl (C=O) groups excluding carboxylic acids is 1. The van der Waals surface area contributed by atoms with Crippen LogP contribution in [0.2, 0.25) is 0 Å². The van der Waals surface area contributed by atoms with Gasteiger partial charge in [0.2, 0.25) is 0 Å². The third-order valence-electron chi connectivity index (χ3n) is 9.21. The quantitative estimate of drug-likeness (QED) is 0.450. The van der Waals surface area contributed by atoms with Gasteiger partial charge in [-0.15, -0.1) is 0 Å². The first-order valence-electron chi connectivity index (χ1n) is 11.8. The molecule has 180 valence electrons. The minimum Gasteiger partial charge on any atom is -0.481 e. The molecule has 33 heavy (non-hydrogen) atoms. The molecular formula is C26H34O7. The van der Waals surface area contributed by atoms with Crippen molar-refractivity contribution in [3.8, 4) is 0 Å². The van der Waals surface area contributed by atoms with Crippen LogP contribution in [0, 0.1) is 34.5 Å². The van der Waals surface area contributed by atoms with E-state index in [1.807, 2.05) is 13.0 Å². The summed E-state index contributed by atoms with van der Waals surface area (Å²) in [4.78, 5) is 35.0. The van der Waals surface area contributed by atoms with Crippen molar-refractivity contribution >= 4 is 17.7 Å². The molecule has 8 atom stereocenters. The monoisotopic (exact) mass is 458 g/mol. The third-order valence-corrected chi connectivity index (χ3v) is 9.21. The highest BCUT2D eigenvalue weighted by atomic mass is 16.4. The van der Waals surface area contributed by atoms with Crippen LogP contribution in [0.1, 0.15) is 59.3 Å². The third kappa shape index (κ3) is 3.60. The molecule has 0 aromatic heterocycles. The Morgan fingerprint density at radius 3 is 2.58 bits per heavy atom. The Balaban J connectivity index is 1.75. The fourth-order valence-electron chi connectivity index (χ4n) is 7.97. The Kier molecular flexibility index (Phi) is 5.73. The number of hydrogen-bond acceptors (Lipinski definition) is 5. The molecule has 0 aliphatic heterocycles. The minimum atomic E-state index is -2.04. The second-order valence-corrected chi connectivity index (χ2v) is 11.1. The number of aliphatic carboxylic acids is 2. The van der Waals surface area contributed by atoms with Crippen LogP contribution < -0.4 is 0 Å². The first kappa shape index (κ1) is 23.9. The van der Waals surface area contributed by atoms with Crippen LogP contribution in [0.15, 0.2) is 35.5 Å². The van der Waals surface area contributed by atoms with E-state index in [0.29, 0.717) is 6.42 Å². The Morgan fingerprint density at radius 1 is 1.24 bits per heavy atom. The number of carboxylic acids is 2. The van der Waals surface area contributed by atoms with Crippen molar-refractivity contribution in [3.05, 3.63) is 35.5 Å². The summed E-state index contributed by atoms with van der Waals surface area (Å²) in [5.74, 6) is -2.78. The minimum absolute atomic E-state index is 0.0166. The fourth-order valence-corrected chi connectivity index (χ4v) is 7.97. The lowest BCUT2D eigenvalue weighted by Gasteiger charge is -2.54. The number of aliphatic hydroxyl groups is 2. The first-order chi connectivity index (χ1) is 15.3. The molecule has 4 aliphatic rings. The lowest BCUT2D eigenvalue weighted by atomic mass is 9.50. The molecule has 0 heterocycles. The Hall–Kier alpha value is -2.25. The lowest BCUT2D eigenvalue weighted by Crippen LogP contribution is -2.57. The highest BCUT2D eigenvalue weighted by Crippen LogP contribution is 2.67. The zero-order chi connectivity index (χ0) is 24.3. The fraction of sp³-hybridized carbons (Fsp3) is 0.654. The van der Waals surface area contributed by atoms with E-state index in [1.165, 1.54) is 5.57 Å². The molecule has 0 radical (unpaired) electrons. The standard InChI is InChI=1S/C26H34O7/c1-14-10-19-17-5-4-15-11-16(27)6-8-24(15,2)18(17)7-9-25(19,3)23(14)26(33,13-22(31)32)20(28)12-21(29)30/h6-8,11,14,17,19-20,23,28,33H,4-5,9-10,12-13H2,1-3H3,(H,29,30)(H,31,32). The molecule has 0 aromatic carbocycles. The van der Waals surface area contributed by atoms with Crippen molar-refractivity contribution in [2.75, 3.05) is 0 Å². The Labute approximate surface area is 193 Å². The smallest absolute Gasteiger partial charge is 0.306 e. The van der Waals surface area contributed by atoms with Gasteiger partial charge in [-0.2, -0.15) is 0 Å². The van der Waals surface area contributed by atoms with Gasteiger partial charge in [-0.25, -0.2) is 0 Å². The van der Waals surface area contributed by atoms with E-state index in [9.17, 15) is 34.8 Å². The zero-order valence-electron chi connectivity index (χ0n) is 19.5. The molecule has 7 heteroatoms. The van der Waals surface area contributed by atoms with Gasteiger partial charge in [-0.05, 0) is 73.8 Å². The molecule has 4 rings (SSSR count). The number of hydrogen-bond donors (Lipinski definition) is 4. The van der Waals surface area contributed by atoms with Gasteiger partial charge in [0.1, 0.15) is 5.60 Å². The second-order valence-electron chi connectivity index (χ2n) is 11.1. The SMILES string of the molecule is CC1CC2C3CCC4=CC(=O)C=CC4(C)C3=CCC2(C)C1C(O)(CC(=O)O)C(O)CC(=O)O. The van der Waals surface area contributed by atoms with Gasteiger partial charge >= 0.3 is 11.9 Å². The maximum Gasteiger partial charge on any atom is 0.306 e. The van der Waals surface area contributed by atoms with E-state index in [0.717, 1.165) is 24.8 Å². The molecule has 0 aromatic rings. The van der Waals surface area contributed by atoms with E-state index < -0.39 is 47.8 Å². The Morgan fingerprint density at radius 2 is 1.94 bits per heavy atom. The van der Waals surface area contributed by atoms with E-state index in [4.69, 9.17) is 0 Å². The number of fused-ring (bicyclic) bond motifs is 5. The molecule has 0 amide bonds. The summed E-state index contributed by atoms with van der Waals surface area (Å²) in [6.07, 6.45) is 7.55. The Bertz CT molecular complexity index is 977. The summed E-state index contributed by atoms with van der Waals surface area (Å²) in [6.45, 7) is 6.19. The summed E-state index contributed by atoms with van der Waals surface area (Å²) in [5.41, 5.74) is -0.419. The van der Waals surface area contributed by atoms with E-state index >= 15 is 0 Å². The zero-order valence-corrected chi connectivity index (χ0v) is 19.5. The van der Waals surface area contributed by atoms with Crippen LogP contribution in [-0.2, 0) is 14.4 Å². The van der Waals surface area contributed by atoms with Crippen LogP contribution in [0.4, 0.5) is 0 Å². The predicted molar refractivity (Wildman–Crippen MR) is 120 cm³/mol. The molecule has 2 saturated carbocycles. The lowest BCUT2D eigenvalue weighted by molar-refractivity contribution is -0.181. The van der Waals surface area contributed by atoms with Gasteiger partial charge < -0.3 is 20.4 Å². The number of ketones is 1. The van der Waals surface area contributed by atoms with Crippen LogP contribution in [0.3, 0.4) is 0 Å². The number of carboxylic acid groups (broad SMARTS) is 2. The normalized spacial score (nSPS) is 40.0. The average Bonchev–Trinajstić information content (AvgIpc) is 2.98. The van der Waals surface area contributed by atoms with Crippen LogP contribution in [-0.4, -0.2) is 49.9 Å². The number of aliphatic hydroxyl groups excluding tert-OH is 1. The predicted octanol–water partition coefficient (Wildman–Crippen LogP) is 3.12. The first-order valence-corrected chi connectivity index (χ1v) is 11.8. The highest BCUT2D eigenvalue weighted by Gasteiger charge is 2.64. The van der Waals surface area contributed by atoms with Gasteiger partial charge in [-0.3, -0.25) is 14.4 Å².